The molecule has 1 saturated heterocycles. The Labute approximate surface area is 153 Å². The van der Waals surface area contributed by atoms with Crippen LogP contribution in [0.5, 0.6) is 5.75 Å². The van der Waals surface area contributed by atoms with E-state index in [0.717, 1.165) is 4.90 Å². The molecule has 136 valence electrons. The molecule has 1 unspecified atom stereocenters. The van der Waals surface area contributed by atoms with Crippen molar-refractivity contribution in [2.24, 2.45) is 0 Å². The minimum atomic E-state index is -0.934. The standard InChI is InChI=1S/C19H14N2O6/c1-10-7-8-12(16(22)20-10)21-17(23)11-4-2-5-13(15(11)18(21)24)27-19(25)14-6-3-9-26-14/h2-6,9,12H,1,7-8H2,(H,20,22). The number of carbonyl (C=O) groups is 4. The SMILES string of the molecule is C=C1CCC(N2C(=O)c3cccc(OC(=O)c4ccco4)c3C2=O)C(=O)N1. The highest BCUT2D eigenvalue weighted by atomic mass is 16.5. The van der Waals surface area contributed by atoms with Gasteiger partial charge in [-0.2, -0.15) is 0 Å². The fourth-order valence-corrected chi connectivity index (χ4v) is 3.19. The first-order valence-corrected chi connectivity index (χ1v) is 8.22. The van der Waals surface area contributed by atoms with E-state index in [1.165, 1.54) is 36.6 Å². The van der Waals surface area contributed by atoms with E-state index < -0.39 is 29.7 Å². The van der Waals surface area contributed by atoms with Crippen molar-refractivity contribution in [3.8, 4) is 5.75 Å². The number of hydrogen-bond acceptors (Lipinski definition) is 6. The van der Waals surface area contributed by atoms with Gasteiger partial charge in [0.15, 0.2) is 0 Å². The van der Waals surface area contributed by atoms with Gasteiger partial charge in [0.25, 0.3) is 11.8 Å². The molecule has 3 amide bonds. The zero-order valence-corrected chi connectivity index (χ0v) is 14.1. The van der Waals surface area contributed by atoms with Crippen molar-refractivity contribution >= 4 is 23.7 Å². The topological polar surface area (TPSA) is 106 Å². The quantitative estimate of drug-likeness (QED) is 0.505. The summed E-state index contributed by atoms with van der Waals surface area (Å²) in [4.78, 5) is 50.9. The number of ether oxygens (including phenoxy) is 1. The number of imide groups is 1. The molecule has 0 saturated carbocycles. The molecule has 4 rings (SSSR count). The first-order chi connectivity index (χ1) is 13.0. The molecular formula is C19H14N2O6. The van der Waals surface area contributed by atoms with Gasteiger partial charge in [-0.3, -0.25) is 19.3 Å². The maximum atomic E-state index is 12.9. The molecule has 1 aromatic heterocycles. The summed E-state index contributed by atoms with van der Waals surface area (Å²) in [7, 11) is 0. The molecule has 2 aliphatic heterocycles. The molecule has 0 bridgehead atoms. The summed E-state index contributed by atoms with van der Waals surface area (Å²) in [5.41, 5.74) is 0.586. The van der Waals surface area contributed by atoms with Gasteiger partial charge in [-0.1, -0.05) is 12.6 Å². The average molecular weight is 366 g/mol. The Kier molecular flexibility index (Phi) is 3.88. The van der Waals surface area contributed by atoms with Crippen LogP contribution in [0.15, 0.2) is 53.3 Å². The van der Waals surface area contributed by atoms with Crippen LogP contribution in [-0.4, -0.2) is 34.6 Å². The smallest absolute Gasteiger partial charge is 0.379 e. The Morgan fingerprint density at radius 2 is 2.00 bits per heavy atom. The second-order valence-corrected chi connectivity index (χ2v) is 6.17. The molecule has 8 heteroatoms. The number of nitrogens with one attached hydrogen (secondary N) is 1. The molecule has 2 aliphatic rings. The van der Waals surface area contributed by atoms with Crippen molar-refractivity contribution in [1.29, 1.82) is 0 Å². The van der Waals surface area contributed by atoms with Crippen LogP contribution < -0.4 is 10.1 Å². The van der Waals surface area contributed by atoms with Crippen LogP contribution in [0, 0.1) is 0 Å². The number of piperidine rings is 1. The van der Waals surface area contributed by atoms with E-state index in [1.807, 2.05) is 0 Å². The minimum Gasteiger partial charge on any atom is -0.457 e. The van der Waals surface area contributed by atoms with E-state index in [1.54, 1.807) is 0 Å². The molecule has 1 N–H and O–H groups in total. The second kappa shape index (κ2) is 6.24. The summed E-state index contributed by atoms with van der Waals surface area (Å²) >= 11 is 0. The van der Waals surface area contributed by atoms with E-state index in [2.05, 4.69) is 11.9 Å². The van der Waals surface area contributed by atoms with Gasteiger partial charge in [0, 0.05) is 5.70 Å². The number of nitrogens with zero attached hydrogens (tertiary/aromatic N) is 1. The Morgan fingerprint density at radius 3 is 2.70 bits per heavy atom. The summed E-state index contributed by atoms with van der Waals surface area (Å²) < 4.78 is 10.2. The maximum absolute atomic E-state index is 12.9. The third-order valence-electron chi connectivity index (χ3n) is 4.47. The first-order valence-electron chi connectivity index (χ1n) is 8.22. The number of amides is 3. The third-order valence-corrected chi connectivity index (χ3v) is 4.47. The Bertz CT molecular complexity index is 992. The lowest BCUT2D eigenvalue weighted by Gasteiger charge is -2.29. The van der Waals surface area contributed by atoms with Crippen LogP contribution in [0.25, 0.3) is 0 Å². The summed E-state index contributed by atoms with van der Waals surface area (Å²) in [6, 6.07) is 6.39. The van der Waals surface area contributed by atoms with Crippen molar-refractivity contribution in [3.63, 3.8) is 0 Å². The number of hydrogen-bond donors (Lipinski definition) is 1. The van der Waals surface area contributed by atoms with Gasteiger partial charge in [-0.05, 0) is 37.1 Å². The van der Waals surface area contributed by atoms with Gasteiger partial charge < -0.3 is 14.5 Å². The number of carbonyl (C=O) groups excluding carboxylic acids is 4. The second-order valence-electron chi connectivity index (χ2n) is 6.17. The van der Waals surface area contributed by atoms with E-state index >= 15 is 0 Å². The molecule has 2 aromatic rings. The average Bonchev–Trinajstić information content (AvgIpc) is 3.25. The fourth-order valence-electron chi connectivity index (χ4n) is 3.19. The number of fused-ring (bicyclic) bond motifs is 1. The van der Waals surface area contributed by atoms with Crippen molar-refractivity contribution in [2.45, 2.75) is 18.9 Å². The van der Waals surface area contributed by atoms with Crippen molar-refractivity contribution < 1.29 is 28.3 Å². The van der Waals surface area contributed by atoms with Crippen LogP contribution in [-0.2, 0) is 4.79 Å². The normalized spacial score (nSPS) is 19.1. The Balaban J connectivity index is 1.66. The van der Waals surface area contributed by atoms with E-state index in [4.69, 9.17) is 9.15 Å². The number of furan rings is 1. The van der Waals surface area contributed by atoms with Crippen molar-refractivity contribution in [1.82, 2.24) is 10.2 Å². The molecule has 3 heterocycles. The number of rotatable bonds is 3. The Morgan fingerprint density at radius 1 is 1.19 bits per heavy atom. The van der Waals surface area contributed by atoms with Crippen molar-refractivity contribution in [2.75, 3.05) is 0 Å². The van der Waals surface area contributed by atoms with Crippen LogP contribution in [0.3, 0.4) is 0 Å². The molecule has 0 radical (unpaired) electrons. The van der Waals surface area contributed by atoms with Crippen molar-refractivity contribution in [3.05, 3.63) is 65.8 Å². The summed E-state index contributed by atoms with van der Waals surface area (Å²) in [5, 5.41) is 2.56. The predicted octanol–water partition coefficient (Wildman–Crippen LogP) is 1.89. The van der Waals surface area contributed by atoms with Crippen LogP contribution in [0.2, 0.25) is 0 Å². The molecule has 0 aliphatic carbocycles. The zero-order valence-electron chi connectivity index (χ0n) is 14.1. The van der Waals surface area contributed by atoms with Gasteiger partial charge in [-0.25, -0.2) is 4.79 Å². The van der Waals surface area contributed by atoms with Gasteiger partial charge in [0.2, 0.25) is 11.7 Å². The third kappa shape index (κ3) is 2.71. The highest BCUT2D eigenvalue weighted by molar-refractivity contribution is 6.24. The lowest BCUT2D eigenvalue weighted by Crippen LogP contribution is -2.51. The van der Waals surface area contributed by atoms with Gasteiger partial charge in [0.1, 0.15) is 11.8 Å². The molecule has 8 nitrogen and oxygen atoms in total. The van der Waals surface area contributed by atoms with E-state index in [9.17, 15) is 19.2 Å². The predicted molar refractivity (Wildman–Crippen MR) is 90.9 cm³/mol. The molecule has 1 aromatic carbocycles. The lowest BCUT2D eigenvalue weighted by atomic mass is 10.0. The number of esters is 1. The van der Waals surface area contributed by atoms with Crippen LogP contribution in [0.1, 0.15) is 44.1 Å². The highest BCUT2D eigenvalue weighted by Gasteiger charge is 2.45. The molecule has 0 spiro atoms. The van der Waals surface area contributed by atoms with Gasteiger partial charge in [0.05, 0.1) is 17.4 Å². The fraction of sp³-hybridized carbons (Fsp3) is 0.158. The zero-order chi connectivity index (χ0) is 19.1. The minimum absolute atomic E-state index is 0.0357. The van der Waals surface area contributed by atoms with Crippen LogP contribution in [0.4, 0.5) is 0 Å². The number of allylic oxidation sites excluding steroid dienone is 1. The molecular weight excluding hydrogens is 352 g/mol. The lowest BCUT2D eigenvalue weighted by molar-refractivity contribution is -0.125. The summed E-state index contributed by atoms with van der Waals surface area (Å²) in [6.45, 7) is 3.69. The summed E-state index contributed by atoms with van der Waals surface area (Å²) in [5.74, 6) is -2.63. The maximum Gasteiger partial charge on any atom is 0.379 e. The largest absolute Gasteiger partial charge is 0.457 e. The molecule has 1 fully saturated rings. The number of benzene rings is 1. The van der Waals surface area contributed by atoms with Gasteiger partial charge in [-0.15, -0.1) is 0 Å². The molecule has 1 atom stereocenters. The monoisotopic (exact) mass is 366 g/mol. The molecule has 27 heavy (non-hydrogen) atoms. The van der Waals surface area contributed by atoms with Gasteiger partial charge >= 0.3 is 5.97 Å². The first kappa shape index (κ1) is 16.8. The van der Waals surface area contributed by atoms with E-state index in [0.29, 0.717) is 12.1 Å². The van der Waals surface area contributed by atoms with Crippen LogP contribution >= 0.6 is 0 Å². The highest BCUT2D eigenvalue weighted by Crippen LogP contribution is 2.34. The Hall–Kier alpha value is -3.68. The van der Waals surface area contributed by atoms with E-state index in [-0.39, 0.29) is 29.1 Å². The summed E-state index contributed by atoms with van der Waals surface area (Å²) in [6.07, 6.45) is 2.07.